The van der Waals surface area contributed by atoms with E-state index in [1.165, 1.54) is 24.8 Å². The second-order valence-electron chi connectivity index (χ2n) is 7.23. The van der Waals surface area contributed by atoms with Crippen LogP contribution in [0.4, 0.5) is 5.69 Å². The van der Waals surface area contributed by atoms with E-state index in [1.807, 2.05) is 24.3 Å². The van der Waals surface area contributed by atoms with Crippen molar-refractivity contribution in [3.63, 3.8) is 0 Å². The van der Waals surface area contributed by atoms with Gasteiger partial charge in [0.1, 0.15) is 5.82 Å². The molecule has 1 aliphatic rings. The predicted octanol–water partition coefficient (Wildman–Crippen LogP) is 4.87. The zero-order chi connectivity index (χ0) is 17.8. The van der Waals surface area contributed by atoms with Gasteiger partial charge in [0.2, 0.25) is 5.91 Å². The van der Waals surface area contributed by atoms with Crippen LogP contribution in [0.1, 0.15) is 43.5 Å². The molecule has 0 aliphatic heterocycles. The molecule has 1 fully saturated rings. The number of fused-ring (bicyclic) bond motifs is 1. The van der Waals surface area contributed by atoms with Gasteiger partial charge in [0, 0.05) is 18.0 Å². The van der Waals surface area contributed by atoms with Crippen molar-refractivity contribution in [1.29, 1.82) is 0 Å². The van der Waals surface area contributed by atoms with Gasteiger partial charge in [0.25, 0.3) is 0 Å². The lowest BCUT2D eigenvalue weighted by atomic mass is 9.88. The van der Waals surface area contributed by atoms with Crippen molar-refractivity contribution in [3.8, 4) is 0 Å². The van der Waals surface area contributed by atoms with Crippen molar-refractivity contribution in [2.45, 2.75) is 44.9 Å². The maximum Gasteiger partial charge on any atom is 0.227 e. The molecule has 4 rings (SSSR count). The first-order valence-corrected chi connectivity index (χ1v) is 9.61. The number of aromatic amines is 1. The highest BCUT2D eigenvalue weighted by molar-refractivity contribution is 5.94. The summed E-state index contributed by atoms with van der Waals surface area (Å²) < 4.78 is 0. The van der Waals surface area contributed by atoms with Crippen molar-refractivity contribution in [2.75, 3.05) is 5.32 Å². The fourth-order valence-electron chi connectivity index (χ4n) is 3.78. The maximum atomic E-state index is 12.4. The third kappa shape index (κ3) is 3.96. The number of H-pyrrole nitrogens is 1. The Hall–Kier alpha value is -2.62. The minimum absolute atomic E-state index is 0.160. The zero-order valence-corrected chi connectivity index (χ0v) is 15.0. The van der Waals surface area contributed by atoms with Crippen molar-refractivity contribution < 1.29 is 4.79 Å². The monoisotopic (exact) mass is 347 g/mol. The molecule has 0 atom stereocenters. The zero-order valence-electron chi connectivity index (χ0n) is 15.0. The van der Waals surface area contributed by atoms with E-state index in [4.69, 9.17) is 0 Å². The largest absolute Gasteiger partial charge is 0.342 e. The predicted molar refractivity (Wildman–Crippen MR) is 105 cm³/mol. The van der Waals surface area contributed by atoms with E-state index in [0.717, 1.165) is 48.2 Å². The van der Waals surface area contributed by atoms with Crippen LogP contribution in [0.3, 0.4) is 0 Å². The Morgan fingerprint density at radius 2 is 1.85 bits per heavy atom. The Morgan fingerprint density at radius 1 is 1.04 bits per heavy atom. The number of imidazole rings is 1. The number of aromatic nitrogens is 2. The van der Waals surface area contributed by atoms with Crippen molar-refractivity contribution in [1.82, 2.24) is 9.97 Å². The number of nitrogens with zero attached hydrogens (tertiary/aromatic N) is 1. The molecule has 4 nitrogen and oxygen atoms in total. The van der Waals surface area contributed by atoms with E-state index in [0.29, 0.717) is 0 Å². The van der Waals surface area contributed by atoms with Gasteiger partial charge in [-0.15, -0.1) is 0 Å². The minimum Gasteiger partial charge on any atom is -0.342 e. The molecule has 1 amide bonds. The first-order valence-electron chi connectivity index (χ1n) is 9.61. The molecule has 1 aromatic heterocycles. The molecular weight excluding hydrogens is 322 g/mol. The first-order chi connectivity index (χ1) is 12.8. The van der Waals surface area contributed by atoms with Gasteiger partial charge in [-0.1, -0.05) is 49.6 Å². The van der Waals surface area contributed by atoms with Gasteiger partial charge in [0.15, 0.2) is 0 Å². The summed E-state index contributed by atoms with van der Waals surface area (Å²) in [5.41, 5.74) is 4.10. The van der Waals surface area contributed by atoms with Gasteiger partial charge < -0.3 is 10.3 Å². The van der Waals surface area contributed by atoms with Crippen LogP contribution in [0.25, 0.3) is 11.0 Å². The van der Waals surface area contributed by atoms with Gasteiger partial charge in [0.05, 0.1) is 11.0 Å². The molecular formula is C22H25N3O. The molecule has 134 valence electrons. The first kappa shape index (κ1) is 16.8. The Balaban J connectivity index is 1.42. The molecule has 3 aromatic rings. The molecule has 0 spiro atoms. The van der Waals surface area contributed by atoms with E-state index in [9.17, 15) is 4.79 Å². The highest BCUT2D eigenvalue weighted by Crippen LogP contribution is 2.25. The maximum absolute atomic E-state index is 12.4. The van der Waals surface area contributed by atoms with Gasteiger partial charge in [-0.05, 0) is 43.0 Å². The third-order valence-electron chi connectivity index (χ3n) is 5.27. The molecule has 2 aromatic carbocycles. The van der Waals surface area contributed by atoms with Gasteiger partial charge >= 0.3 is 0 Å². The highest BCUT2D eigenvalue weighted by atomic mass is 16.1. The lowest BCUT2D eigenvalue weighted by Crippen LogP contribution is -2.24. The van der Waals surface area contributed by atoms with Crippen molar-refractivity contribution >= 4 is 22.6 Å². The summed E-state index contributed by atoms with van der Waals surface area (Å²) in [6, 6.07) is 16.4. The fraction of sp³-hybridized carbons (Fsp3) is 0.364. The van der Waals surface area contributed by atoms with Crippen LogP contribution in [-0.2, 0) is 17.6 Å². The topological polar surface area (TPSA) is 57.8 Å². The fourth-order valence-corrected chi connectivity index (χ4v) is 3.78. The average molecular weight is 347 g/mol. The number of aryl methyl sites for hydroxylation is 2. The van der Waals surface area contributed by atoms with E-state index in [-0.39, 0.29) is 11.8 Å². The number of benzene rings is 2. The molecule has 1 heterocycles. The van der Waals surface area contributed by atoms with E-state index < -0.39 is 0 Å². The molecule has 0 unspecified atom stereocenters. The van der Waals surface area contributed by atoms with Crippen LogP contribution in [0.2, 0.25) is 0 Å². The van der Waals surface area contributed by atoms with Crippen LogP contribution in [-0.4, -0.2) is 15.9 Å². The molecule has 1 aliphatic carbocycles. The number of hydrogen-bond donors (Lipinski definition) is 2. The van der Waals surface area contributed by atoms with Gasteiger partial charge in [-0.3, -0.25) is 4.79 Å². The summed E-state index contributed by atoms with van der Waals surface area (Å²) in [7, 11) is 0. The molecule has 0 bridgehead atoms. The minimum atomic E-state index is 0.160. The summed E-state index contributed by atoms with van der Waals surface area (Å²) in [5, 5.41) is 3.08. The number of anilines is 1. The summed E-state index contributed by atoms with van der Waals surface area (Å²) in [5.74, 6) is 1.31. The SMILES string of the molecule is O=C(Nc1ccc2nc(CCc3ccccc3)[nH]c2c1)C1CCCCC1. The van der Waals surface area contributed by atoms with Gasteiger partial charge in [-0.2, -0.15) is 0 Å². The Morgan fingerprint density at radius 3 is 2.65 bits per heavy atom. The van der Waals surface area contributed by atoms with Crippen LogP contribution < -0.4 is 5.32 Å². The number of carbonyl (C=O) groups excluding carboxylic acids is 1. The van der Waals surface area contributed by atoms with Crippen LogP contribution in [0.5, 0.6) is 0 Å². The highest BCUT2D eigenvalue weighted by Gasteiger charge is 2.21. The summed E-state index contributed by atoms with van der Waals surface area (Å²) >= 11 is 0. The van der Waals surface area contributed by atoms with Crippen LogP contribution in [0.15, 0.2) is 48.5 Å². The quantitative estimate of drug-likeness (QED) is 0.692. The van der Waals surface area contributed by atoms with Crippen LogP contribution >= 0.6 is 0 Å². The lowest BCUT2D eigenvalue weighted by Gasteiger charge is -2.20. The van der Waals surface area contributed by atoms with Crippen molar-refractivity contribution in [2.24, 2.45) is 5.92 Å². The Labute approximate surface area is 154 Å². The molecule has 2 N–H and O–H groups in total. The molecule has 4 heteroatoms. The summed E-state index contributed by atoms with van der Waals surface area (Å²) in [6.07, 6.45) is 7.47. The molecule has 26 heavy (non-hydrogen) atoms. The number of carbonyl (C=O) groups is 1. The van der Waals surface area contributed by atoms with Gasteiger partial charge in [-0.25, -0.2) is 4.98 Å². The van der Waals surface area contributed by atoms with Crippen molar-refractivity contribution in [3.05, 3.63) is 59.9 Å². The summed E-state index contributed by atoms with van der Waals surface area (Å²) in [6.45, 7) is 0. The van der Waals surface area contributed by atoms with E-state index in [1.54, 1.807) is 0 Å². The smallest absolute Gasteiger partial charge is 0.227 e. The molecule has 0 radical (unpaired) electrons. The number of nitrogens with one attached hydrogen (secondary N) is 2. The molecule has 0 saturated heterocycles. The lowest BCUT2D eigenvalue weighted by molar-refractivity contribution is -0.120. The molecule has 1 saturated carbocycles. The number of amides is 1. The average Bonchev–Trinajstić information content (AvgIpc) is 3.10. The third-order valence-corrected chi connectivity index (χ3v) is 5.27. The van der Waals surface area contributed by atoms with E-state index >= 15 is 0 Å². The Bertz CT molecular complexity index is 879. The second-order valence-corrected chi connectivity index (χ2v) is 7.23. The number of rotatable bonds is 5. The summed E-state index contributed by atoms with van der Waals surface area (Å²) in [4.78, 5) is 20.5. The second kappa shape index (κ2) is 7.73. The Kier molecular flexibility index (Phi) is 5.00. The normalized spacial score (nSPS) is 15.2. The van der Waals surface area contributed by atoms with E-state index in [2.05, 4.69) is 39.6 Å². The van der Waals surface area contributed by atoms with Crippen LogP contribution in [0, 0.1) is 5.92 Å². The number of hydrogen-bond acceptors (Lipinski definition) is 2. The standard InChI is InChI=1S/C22H25N3O/c26-22(17-9-5-2-6-10-17)23-18-12-13-19-20(15-18)25-21(24-19)14-11-16-7-3-1-4-8-16/h1,3-4,7-8,12-13,15,17H,2,5-6,9-11,14H2,(H,23,26)(H,24,25).